The van der Waals surface area contributed by atoms with E-state index in [-0.39, 0.29) is 11.5 Å². The molecule has 24 heavy (non-hydrogen) atoms. The Labute approximate surface area is 140 Å². The molecule has 0 amide bonds. The average molecular weight is 323 g/mol. The number of rotatable bonds is 3. The molecule has 122 valence electrons. The molecule has 1 aliphatic rings. The van der Waals surface area contributed by atoms with Crippen molar-refractivity contribution in [3.8, 4) is 11.5 Å². The van der Waals surface area contributed by atoms with Crippen LogP contribution in [0.1, 0.15) is 22.8 Å². The van der Waals surface area contributed by atoms with E-state index in [1.165, 1.54) is 6.92 Å². The van der Waals surface area contributed by atoms with Crippen molar-refractivity contribution in [3.63, 3.8) is 0 Å². The molecule has 0 fully saturated rings. The van der Waals surface area contributed by atoms with E-state index >= 15 is 0 Å². The van der Waals surface area contributed by atoms with Gasteiger partial charge in [0.15, 0.2) is 5.76 Å². The summed E-state index contributed by atoms with van der Waals surface area (Å²) in [4.78, 5) is 25.4. The van der Waals surface area contributed by atoms with Crippen LogP contribution in [-0.2, 0) is 4.79 Å². The van der Waals surface area contributed by atoms with Gasteiger partial charge in [-0.3, -0.25) is 9.59 Å². The minimum absolute atomic E-state index is 0.184. The normalized spacial score (nSPS) is 14.3. The van der Waals surface area contributed by atoms with Crippen LogP contribution in [0.5, 0.6) is 11.5 Å². The first-order valence-electron chi connectivity index (χ1n) is 7.48. The molecule has 5 heteroatoms. The van der Waals surface area contributed by atoms with Gasteiger partial charge in [0.2, 0.25) is 5.78 Å². The number of anilines is 1. The number of allylic oxidation sites excluding steroid dienone is 1. The molecule has 2 aromatic rings. The number of benzene rings is 2. The highest BCUT2D eigenvalue weighted by atomic mass is 16.5. The molecule has 0 aliphatic carbocycles. The fourth-order valence-electron chi connectivity index (χ4n) is 2.42. The lowest BCUT2D eigenvalue weighted by Gasteiger charge is -2.11. The number of hydrogen-bond donors (Lipinski definition) is 0. The lowest BCUT2D eigenvalue weighted by molar-refractivity contribution is -0.131. The van der Waals surface area contributed by atoms with Crippen LogP contribution < -0.4 is 14.4 Å². The van der Waals surface area contributed by atoms with Gasteiger partial charge in [-0.25, -0.2) is 0 Å². The first kappa shape index (κ1) is 15.8. The van der Waals surface area contributed by atoms with Gasteiger partial charge in [0.1, 0.15) is 11.5 Å². The maximum atomic E-state index is 12.4. The van der Waals surface area contributed by atoms with Crippen LogP contribution in [0.25, 0.3) is 6.08 Å². The number of carbonyl (C=O) groups excluding carboxylic acids is 2. The Kier molecular flexibility index (Phi) is 4.08. The van der Waals surface area contributed by atoms with Crippen LogP contribution in [0, 0.1) is 0 Å². The molecule has 3 rings (SSSR count). The number of carbonyl (C=O) groups is 2. The van der Waals surface area contributed by atoms with Crippen molar-refractivity contribution in [3.05, 3.63) is 59.4 Å². The zero-order valence-corrected chi connectivity index (χ0v) is 13.7. The van der Waals surface area contributed by atoms with Crippen LogP contribution in [0.15, 0.2) is 48.2 Å². The third-order valence-corrected chi connectivity index (χ3v) is 3.61. The molecule has 0 radical (unpaired) electrons. The Morgan fingerprint density at radius 3 is 2.46 bits per heavy atom. The third kappa shape index (κ3) is 3.15. The maximum absolute atomic E-state index is 12.4. The molecule has 0 atom stereocenters. The topological polar surface area (TPSA) is 55.8 Å². The number of fused-ring (bicyclic) bond motifs is 1. The number of esters is 1. The van der Waals surface area contributed by atoms with E-state index in [0.29, 0.717) is 17.1 Å². The second-order valence-electron chi connectivity index (χ2n) is 5.68. The van der Waals surface area contributed by atoms with Gasteiger partial charge in [-0.2, -0.15) is 0 Å². The van der Waals surface area contributed by atoms with Gasteiger partial charge in [0.25, 0.3) is 0 Å². The average Bonchev–Trinajstić information content (AvgIpc) is 2.83. The summed E-state index contributed by atoms with van der Waals surface area (Å²) in [5, 5.41) is 0. The van der Waals surface area contributed by atoms with Gasteiger partial charge in [-0.05, 0) is 35.9 Å². The quantitative estimate of drug-likeness (QED) is 0.493. The highest BCUT2D eigenvalue weighted by molar-refractivity contribution is 6.14. The molecule has 0 unspecified atom stereocenters. The van der Waals surface area contributed by atoms with Crippen LogP contribution in [0.2, 0.25) is 0 Å². The summed E-state index contributed by atoms with van der Waals surface area (Å²) in [5.74, 6) is 0.398. The number of nitrogens with zero attached hydrogens (tertiary/aromatic N) is 1. The summed E-state index contributed by atoms with van der Waals surface area (Å²) in [7, 11) is 3.93. The van der Waals surface area contributed by atoms with Crippen LogP contribution in [-0.4, -0.2) is 25.8 Å². The molecule has 0 bridgehead atoms. The van der Waals surface area contributed by atoms with Gasteiger partial charge in [0.05, 0.1) is 5.56 Å². The summed E-state index contributed by atoms with van der Waals surface area (Å²) in [6.07, 6.45) is 1.70. The predicted octanol–water partition coefficient (Wildman–Crippen LogP) is 3.29. The molecule has 0 saturated carbocycles. The summed E-state index contributed by atoms with van der Waals surface area (Å²) in [6, 6.07) is 12.5. The summed E-state index contributed by atoms with van der Waals surface area (Å²) in [5.41, 5.74) is 2.41. The Morgan fingerprint density at radius 1 is 1.12 bits per heavy atom. The molecule has 0 saturated heterocycles. The number of Topliss-reactive ketones (excluding diaryl/α,β-unsaturated/α-hetero) is 1. The van der Waals surface area contributed by atoms with Crippen molar-refractivity contribution < 1.29 is 19.1 Å². The number of ketones is 1. The van der Waals surface area contributed by atoms with E-state index in [2.05, 4.69) is 0 Å². The largest absolute Gasteiger partial charge is 0.452 e. The van der Waals surface area contributed by atoms with Crippen molar-refractivity contribution in [2.24, 2.45) is 0 Å². The minimum Gasteiger partial charge on any atom is -0.452 e. The fourth-order valence-corrected chi connectivity index (χ4v) is 2.42. The molecular formula is C19H17NO4. The number of ether oxygens (including phenoxy) is 2. The van der Waals surface area contributed by atoms with Gasteiger partial charge >= 0.3 is 5.97 Å². The highest BCUT2D eigenvalue weighted by Crippen LogP contribution is 2.35. The molecule has 0 N–H and O–H groups in total. The molecule has 5 nitrogen and oxygen atoms in total. The van der Waals surface area contributed by atoms with Gasteiger partial charge < -0.3 is 14.4 Å². The Bertz CT molecular complexity index is 835. The fraction of sp³-hybridized carbons (Fsp3) is 0.158. The van der Waals surface area contributed by atoms with Crippen LogP contribution in [0.4, 0.5) is 5.69 Å². The summed E-state index contributed by atoms with van der Waals surface area (Å²) in [6.45, 7) is 1.32. The minimum atomic E-state index is -0.420. The van der Waals surface area contributed by atoms with Crippen molar-refractivity contribution in [1.29, 1.82) is 0 Å². The molecule has 0 spiro atoms. The van der Waals surface area contributed by atoms with Crippen molar-refractivity contribution in [1.82, 2.24) is 0 Å². The Morgan fingerprint density at radius 2 is 1.83 bits per heavy atom. The van der Waals surface area contributed by atoms with Gasteiger partial charge in [-0.15, -0.1) is 0 Å². The van der Waals surface area contributed by atoms with E-state index in [1.54, 1.807) is 24.3 Å². The van der Waals surface area contributed by atoms with Crippen LogP contribution in [0.3, 0.4) is 0 Å². The first-order valence-corrected chi connectivity index (χ1v) is 7.48. The van der Waals surface area contributed by atoms with Gasteiger partial charge in [-0.1, -0.05) is 12.1 Å². The van der Waals surface area contributed by atoms with E-state index in [1.807, 2.05) is 43.3 Å². The smallest absolute Gasteiger partial charge is 0.308 e. The lowest BCUT2D eigenvalue weighted by atomic mass is 10.1. The second-order valence-corrected chi connectivity index (χ2v) is 5.68. The van der Waals surface area contributed by atoms with Crippen molar-refractivity contribution >= 4 is 23.5 Å². The zero-order chi connectivity index (χ0) is 17.3. The predicted molar refractivity (Wildman–Crippen MR) is 91.5 cm³/mol. The molecule has 0 aromatic heterocycles. The standard InChI is InChI=1S/C19H17NO4/c1-12(21)23-15-8-9-16-17(11-15)24-18(19(16)22)10-13-4-6-14(7-5-13)20(2)3/h4-11H,1-3H3/b18-10-. The van der Waals surface area contributed by atoms with Gasteiger partial charge in [0, 0.05) is 32.8 Å². The first-order chi connectivity index (χ1) is 11.4. The van der Waals surface area contributed by atoms with Crippen molar-refractivity contribution in [2.75, 3.05) is 19.0 Å². The second kappa shape index (κ2) is 6.20. The number of hydrogen-bond acceptors (Lipinski definition) is 5. The SMILES string of the molecule is CC(=O)Oc1ccc2c(c1)O/C(=C\c1ccc(N(C)C)cc1)C2=O. The van der Waals surface area contributed by atoms with E-state index in [9.17, 15) is 9.59 Å². The maximum Gasteiger partial charge on any atom is 0.308 e. The molecule has 1 heterocycles. The molecule has 2 aromatic carbocycles. The molecule has 1 aliphatic heterocycles. The molecular weight excluding hydrogens is 306 g/mol. The zero-order valence-electron chi connectivity index (χ0n) is 13.7. The Balaban J connectivity index is 1.85. The van der Waals surface area contributed by atoms with Crippen molar-refractivity contribution in [2.45, 2.75) is 6.92 Å². The third-order valence-electron chi connectivity index (χ3n) is 3.61. The van der Waals surface area contributed by atoms with E-state index in [4.69, 9.17) is 9.47 Å². The van der Waals surface area contributed by atoms with E-state index in [0.717, 1.165) is 11.3 Å². The van der Waals surface area contributed by atoms with E-state index < -0.39 is 5.97 Å². The highest BCUT2D eigenvalue weighted by Gasteiger charge is 2.27. The summed E-state index contributed by atoms with van der Waals surface area (Å²) < 4.78 is 10.6. The van der Waals surface area contributed by atoms with Crippen LogP contribution >= 0.6 is 0 Å². The Hall–Kier alpha value is -3.08. The lowest BCUT2D eigenvalue weighted by Crippen LogP contribution is -2.08. The monoisotopic (exact) mass is 323 g/mol. The summed E-state index contributed by atoms with van der Waals surface area (Å²) >= 11 is 0.